The fraction of sp³-hybridized carbons (Fsp3) is 0.290. The third kappa shape index (κ3) is 6.33. The molecule has 0 fully saturated rings. The van der Waals surface area contributed by atoms with Gasteiger partial charge in [0.2, 0.25) is 0 Å². The largest absolute Gasteiger partial charge is 0.503 e. The first-order valence-electron chi connectivity index (χ1n) is 13.3. The van der Waals surface area contributed by atoms with Crippen LogP contribution < -0.4 is 14.4 Å². The topological polar surface area (TPSA) is 115 Å². The minimum Gasteiger partial charge on any atom is -0.503 e. The van der Waals surface area contributed by atoms with E-state index in [1.165, 1.54) is 18.1 Å². The maximum Gasteiger partial charge on any atom is 0.350 e. The molecule has 0 saturated heterocycles. The standard InChI is InChI=1S/C31H32N2O7S/c1-5-7-17-40-23-16-14-21(18-24(23)39-6-2)26-25(22(34)15-13-20-11-9-8-10-12-20)27(35)29(36)33(26)31-32-19(3)28(41-31)30(37)38-4/h8-16,18,26,35H,5-7,17H2,1-4H3. The molecule has 0 aliphatic carbocycles. The lowest BCUT2D eigenvalue weighted by molar-refractivity contribution is -0.117. The van der Waals surface area contributed by atoms with E-state index in [0.29, 0.717) is 36.0 Å². The molecule has 1 amide bonds. The van der Waals surface area contributed by atoms with E-state index >= 15 is 0 Å². The summed E-state index contributed by atoms with van der Waals surface area (Å²) in [5.74, 6) is -1.67. The van der Waals surface area contributed by atoms with Crippen molar-refractivity contribution < 1.29 is 33.7 Å². The number of thiazole rings is 1. The van der Waals surface area contributed by atoms with Crippen LogP contribution >= 0.6 is 11.3 Å². The van der Waals surface area contributed by atoms with Crippen molar-refractivity contribution >= 4 is 40.2 Å². The van der Waals surface area contributed by atoms with Crippen molar-refractivity contribution in [3.8, 4) is 11.5 Å². The van der Waals surface area contributed by atoms with Gasteiger partial charge in [-0.1, -0.05) is 67.2 Å². The second-order valence-corrected chi connectivity index (χ2v) is 10.2. The number of methoxy groups -OCH3 is 1. The van der Waals surface area contributed by atoms with Gasteiger partial charge in [0.1, 0.15) is 4.88 Å². The summed E-state index contributed by atoms with van der Waals surface area (Å²) in [6, 6.07) is 13.3. The number of nitrogens with zero attached hydrogens (tertiary/aromatic N) is 2. The van der Waals surface area contributed by atoms with Gasteiger partial charge in [-0.2, -0.15) is 0 Å². The summed E-state index contributed by atoms with van der Waals surface area (Å²) in [7, 11) is 1.26. The fourth-order valence-corrected chi connectivity index (χ4v) is 5.38. The van der Waals surface area contributed by atoms with Crippen molar-refractivity contribution in [1.29, 1.82) is 0 Å². The highest BCUT2D eigenvalue weighted by molar-refractivity contribution is 7.17. The van der Waals surface area contributed by atoms with Crippen LogP contribution in [0, 0.1) is 6.92 Å². The maximum atomic E-state index is 13.6. The smallest absolute Gasteiger partial charge is 0.350 e. The van der Waals surface area contributed by atoms with E-state index in [1.807, 2.05) is 37.3 Å². The molecule has 0 bridgehead atoms. The first-order valence-corrected chi connectivity index (χ1v) is 14.1. The van der Waals surface area contributed by atoms with Crippen molar-refractivity contribution in [2.24, 2.45) is 0 Å². The zero-order valence-electron chi connectivity index (χ0n) is 23.4. The lowest BCUT2D eigenvalue weighted by Gasteiger charge is -2.25. The van der Waals surface area contributed by atoms with E-state index in [0.717, 1.165) is 29.7 Å². The van der Waals surface area contributed by atoms with E-state index in [4.69, 9.17) is 14.2 Å². The number of ketones is 1. The molecule has 0 spiro atoms. The zero-order chi connectivity index (χ0) is 29.5. The van der Waals surface area contributed by atoms with Gasteiger partial charge in [-0.3, -0.25) is 14.5 Å². The highest BCUT2D eigenvalue weighted by Gasteiger charge is 2.45. The summed E-state index contributed by atoms with van der Waals surface area (Å²) in [6.45, 7) is 6.40. The highest BCUT2D eigenvalue weighted by Crippen LogP contribution is 2.45. The molecule has 2 aromatic carbocycles. The predicted octanol–water partition coefficient (Wildman–Crippen LogP) is 6.00. The van der Waals surface area contributed by atoms with E-state index in [-0.39, 0.29) is 15.6 Å². The van der Waals surface area contributed by atoms with Crippen LogP contribution in [0.5, 0.6) is 11.5 Å². The van der Waals surface area contributed by atoms with Crippen LogP contribution in [0.3, 0.4) is 0 Å². The number of ether oxygens (including phenoxy) is 3. The molecular weight excluding hydrogens is 544 g/mol. The van der Waals surface area contributed by atoms with Gasteiger partial charge in [0.05, 0.1) is 37.6 Å². The number of unbranched alkanes of at least 4 members (excludes halogenated alkanes) is 1. The Balaban J connectivity index is 1.82. The fourth-order valence-electron chi connectivity index (χ4n) is 4.37. The normalized spacial score (nSPS) is 15.1. The Morgan fingerprint density at radius 3 is 2.54 bits per heavy atom. The minimum atomic E-state index is -1.05. The lowest BCUT2D eigenvalue weighted by atomic mass is 9.95. The van der Waals surface area contributed by atoms with Crippen molar-refractivity contribution in [2.75, 3.05) is 25.2 Å². The van der Waals surface area contributed by atoms with Crippen LogP contribution in [0.15, 0.2) is 65.9 Å². The molecule has 10 heteroatoms. The number of anilines is 1. The maximum absolute atomic E-state index is 13.6. The molecule has 1 aliphatic rings. The van der Waals surface area contributed by atoms with Gasteiger partial charge < -0.3 is 19.3 Å². The van der Waals surface area contributed by atoms with Crippen LogP contribution in [0.25, 0.3) is 6.08 Å². The number of hydrogen-bond donors (Lipinski definition) is 1. The molecule has 1 N–H and O–H groups in total. The number of aryl methyl sites for hydroxylation is 1. The third-order valence-electron chi connectivity index (χ3n) is 6.40. The summed E-state index contributed by atoms with van der Waals surface area (Å²) in [5.41, 5.74) is 1.53. The number of allylic oxidation sites excluding steroid dienone is 1. The molecule has 3 aromatic rings. The molecule has 2 heterocycles. The Labute approximate surface area is 242 Å². The monoisotopic (exact) mass is 576 g/mol. The van der Waals surface area contributed by atoms with Crippen LogP contribution in [0.4, 0.5) is 5.13 Å². The van der Waals surface area contributed by atoms with Crippen LogP contribution in [-0.2, 0) is 14.3 Å². The number of aromatic nitrogens is 1. The number of benzene rings is 2. The number of aliphatic hydroxyl groups excluding tert-OH is 1. The summed E-state index contributed by atoms with van der Waals surface area (Å²) >= 11 is 0.945. The van der Waals surface area contributed by atoms with Crippen LogP contribution in [-0.4, -0.2) is 48.1 Å². The SMILES string of the molecule is CCCCOc1ccc(C2C(C(=O)C=Cc3ccccc3)=C(O)C(=O)N2c2nc(C)c(C(=O)OC)s2)cc1OCC. The minimum absolute atomic E-state index is 0.114. The summed E-state index contributed by atoms with van der Waals surface area (Å²) in [4.78, 5) is 45.3. The molecule has 1 aromatic heterocycles. The second kappa shape index (κ2) is 13.3. The summed E-state index contributed by atoms with van der Waals surface area (Å²) in [5, 5.41) is 11.2. The Kier molecular flexibility index (Phi) is 9.57. The van der Waals surface area contributed by atoms with Crippen LogP contribution in [0.2, 0.25) is 0 Å². The second-order valence-electron chi connectivity index (χ2n) is 9.19. The summed E-state index contributed by atoms with van der Waals surface area (Å²) < 4.78 is 16.6. The van der Waals surface area contributed by atoms with Gasteiger partial charge in [0.25, 0.3) is 5.91 Å². The van der Waals surface area contributed by atoms with E-state index in [9.17, 15) is 19.5 Å². The van der Waals surface area contributed by atoms with Gasteiger partial charge in [0.15, 0.2) is 28.2 Å². The number of carbonyl (C=O) groups is 3. The van der Waals surface area contributed by atoms with Crippen molar-refractivity contribution in [1.82, 2.24) is 4.98 Å². The van der Waals surface area contributed by atoms with Crippen molar-refractivity contribution in [2.45, 2.75) is 39.7 Å². The zero-order valence-corrected chi connectivity index (χ0v) is 24.2. The van der Waals surface area contributed by atoms with E-state index in [2.05, 4.69) is 11.9 Å². The van der Waals surface area contributed by atoms with Gasteiger partial charge >= 0.3 is 5.97 Å². The molecule has 4 rings (SSSR count). The average Bonchev–Trinajstić information content (AvgIpc) is 3.49. The van der Waals surface area contributed by atoms with Crippen molar-refractivity contribution in [3.63, 3.8) is 0 Å². The van der Waals surface area contributed by atoms with E-state index in [1.54, 1.807) is 31.2 Å². The molecule has 41 heavy (non-hydrogen) atoms. The Morgan fingerprint density at radius 1 is 1.10 bits per heavy atom. The highest BCUT2D eigenvalue weighted by atomic mass is 32.1. The quantitative estimate of drug-likeness (QED) is 0.159. The number of carbonyl (C=O) groups excluding carboxylic acids is 3. The predicted molar refractivity (Wildman–Crippen MR) is 157 cm³/mol. The first kappa shape index (κ1) is 29.5. The number of rotatable bonds is 12. The number of aliphatic hydroxyl groups is 1. The van der Waals surface area contributed by atoms with Gasteiger partial charge in [-0.25, -0.2) is 9.78 Å². The molecule has 1 atom stereocenters. The average molecular weight is 577 g/mol. The molecule has 9 nitrogen and oxygen atoms in total. The van der Waals surface area contributed by atoms with Crippen LogP contribution in [0.1, 0.15) is 59.2 Å². The van der Waals surface area contributed by atoms with Gasteiger partial charge in [-0.15, -0.1) is 0 Å². The first-order chi connectivity index (χ1) is 19.8. The molecule has 1 aliphatic heterocycles. The molecular formula is C31H32N2O7S. The number of hydrogen-bond acceptors (Lipinski definition) is 9. The molecule has 0 saturated carbocycles. The van der Waals surface area contributed by atoms with E-state index < -0.39 is 29.5 Å². The Hall–Kier alpha value is -4.44. The molecule has 0 radical (unpaired) electrons. The Bertz CT molecular complexity index is 1490. The van der Waals surface area contributed by atoms with Crippen molar-refractivity contribution in [3.05, 3.63) is 87.6 Å². The third-order valence-corrected chi connectivity index (χ3v) is 7.54. The van der Waals surface area contributed by atoms with Gasteiger partial charge in [0, 0.05) is 0 Å². The van der Waals surface area contributed by atoms with Gasteiger partial charge in [-0.05, 0) is 49.6 Å². The molecule has 1 unspecified atom stereocenters. The number of esters is 1. The summed E-state index contributed by atoms with van der Waals surface area (Å²) in [6.07, 6.45) is 4.77. The molecule has 214 valence electrons. The Morgan fingerprint density at radius 2 is 1.85 bits per heavy atom. The number of amides is 1. The lowest BCUT2D eigenvalue weighted by Crippen LogP contribution is -2.31.